The van der Waals surface area contributed by atoms with Crippen molar-refractivity contribution in [2.75, 3.05) is 50.5 Å². The van der Waals surface area contributed by atoms with Crippen LogP contribution in [0.25, 0.3) is 0 Å². The number of likely N-dealkylation sites (N-methyl/N-ethyl adjacent to an activating group) is 1. The van der Waals surface area contributed by atoms with Gasteiger partial charge in [-0.3, -0.25) is 19.8 Å². The van der Waals surface area contributed by atoms with Crippen LogP contribution in [0.15, 0.2) is 47.5 Å². The van der Waals surface area contributed by atoms with E-state index in [1.807, 2.05) is 50.1 Å². The molecule has 1 atom stereocenters. The van der Waals surface area contributed by atoms with E-state index in [1.54, 1.807) is 17.0 Å². The minimum absolute atomic E-state index is 0.0462. The molecule has 0 radical (unpaired) electrons. The van der Waals surface area contributed by atoms with Gasteiger partial charge in [-0.15, -0.1) is 0 Å². The summed E-state index contributed by atoms with van der Waals surface area (Å²) >= 11 is 1.49. The van der Waals surface area contributed by atoms with E-state index in [4.69, 9.17) is 9.73 Å². The Kier molecular flexibility index (Phi) is 7.38. The minimum atomic E-state index is -0.403. The van der Waals surface area contributed by atoms with Crippen molar-refractivity contribution < 1.29 is 14.5 Å². The third-order valence-electron chi connectivity index (χ3n) is 5.96. The van der Waals surface area contributed by atoms with Crippen LogP contribution in [0.4, 0.5) is 17.1 Å². The number of hydrogen-bond acceptors (Lipinski definition) is 8. The van der Waals surface area contributed by atoms with Gasteiger partial charge in [0, 0.05) is 49.6 Å². The van der Waals surface area contributed by atoms with E-state index in [2.05, 4.69) is 4.90 Å². The summed E-state index contributed by atoms with van der Waals surface area (Å²) in [7, 11) is 2.04. The molecule has 2 aromatic carbocycles. The highest BCUT2D eigenvalue weighted by Crippen LogP contribution is 2.35. The monoisotopic (exact) mass is 483 g/mol. The molecule has 2 fully saturated rings. The molecule has 0 N–H and O–H groups in total. The van der Waals surface area contributed by atoms with Crippen molar-refractivity contribution in [3.8, 4) is 5.75 Å². The number of anilines is 1. The number of ether oxygens (including phenoxy) is 1. The van der Waals surface area contributed by atoms with Crippen LogP contribution in [0.5, 0.6) is 5.75 Å². The third kappa shape index (κ3) is 5.02. The summed E-state index contributed by atoms with van der Waals surface area (Å²) in [5, 5.41) is 12.5. The molecule has 34 heavy (non-hydrogen) atoms. The van der Waals surface area contributed by atoms with Crippen molar-refractivity contribution in [3.63, 3.8) is 0 Å². The lowest BCUT2D eigenvalue weighted by atomic mass is 10.1. The average molecular weight is 484 g/mol. The van der Waals surface area contributed by atoms with Gasteiger partial charge in [0.2, 0.25) is 0 Å². The number of carbonyl (C=O) groups excluding carboxylic acids is 1. The number of rotatable bonds is 6. The first-order valence-corrected chi connectivity index (χ1v) is 12.4. The number of nitrogens with zero attached hydrogens (tertiary/aromatic N) is 5. The molecular weight excluding hydrogens is 454 g/mol. The summed E-state index contributed by atoms with van der Waals surface area (Å²) in [6.07, 6.45) is 0. The second kappa shape index (κ2) is 10.4. The summed E-state index contributed by atoms with van der Waals surface area (Å²) in [5.41, 5.74) is 1.44. The molecule has 1 amide bonds. The standard InChI is InChI=1S/C24H29N5O4S/c1-4-33-22-8-6-5-7-19(22)25-24-28(17(2)16-34-24)23(30)18-9-10-20(21(15-18)29(31)32)27-13-11-26(3)12-14-27/h5-10,15,17H,4,11-14,16H2,1-3H3. The predicted molar refractivity (Wildman–Crippen MR) is 136 cm³/mol. The first-order chi connectivity index (χ1) is 16.4. The summed E-state index contributed by atoms with van der Waals surface area (Å²) in [5.74, 6) is 1.05. The van der Waals surface area contributed by atoms with Crippen LogP contribution in [0, 0.1) is 10.1 Å². The zero-order valence-corrected chi connectivity index (χ0v) is 20.5. The normalized spacial score (nSPS) is 20.1. The van der Waals surface area contributed by atoms with E-state index in [0.717, 1.165) is 13.1 Å². The molecule has 0 bridgehead atoms. The van der Waals surface area contributed by atoms with Crippen LogP contribution in [0.3, 0.4) is 0 Å². The van der Waals surface area contributed by atoms with Crippen molar-refractivity contribution in [2.45, 2.75) is 19.9 Å². The minimum Gasteiger partial charge on any atom is -0.492 e. The number of amidine groups is 1. The van der Waals surface area contributed by atoms with E-state index >= 15 is 0 Å². The van der Waals surface area contributed by atoms with Gasteiger partial charge in [-0.05, 0) is 45.2 Å². The van der Waals surface area contributed by atoms with Crippen LogP contribution in [-0.2, 0) is 0 Å². The van der Waals surface area contributed by atoms with E-state index in [0.29, 0.717) is 47.7 Å². The lowest BCUT2D eigenvalue weighted by Crippen LogP contribution is -2.44. The van der Waals surface area contributed by atoms with Gasteiger partial charge in [0.15, 0.2) is 5.17 Å². The number of carbonyl (C=O) groups is 1. The summed E-state index contributed by atoms with van der Waals surface area (Å²) < 4.78 is 5.67. The molecule has 2 aliphatic heterocycles. The highest BCUT2D eigenvalue weighted by Gasteiger charge is 2.34. The van der Waals surface area contributed by atoms with Crippen LogP contribution in [0.2, 0.25) is 0 Å². The van der Waals surface area contributed by atoms with Crippen LogP contribution in [0.1, 0.15) is 24.2 Å². The molecule has 2 aromatic rings. The van der Waals surface area contributed by atoms with Crippen LogP contribution >= 0.6 is 11.8 Å². The van der Waals surface area contributed by atoms with Crippen LogP contribution < -0.4 is 9.64 Å². The topological polar surface area (TPSA) is 91.5 Å². The third-order valence-corrected chi connectivity index (χ3v) is 7.16. The molecule has 0 aromatic heterocycles. The maximum atomic E-state index is 13.5. The lowest BCUT2D eigenvalue weighted by Gasteiger charge is -2.33. The fourth-order valence-corrected chi connectivity index (χ4v) is 5.19. The van der Waals surface area contributed by atoms with Crippen molar-refractivity contribution in [3.05, 3.63) is 58.1 Å². The molecular formula is C24H29N5O4S. The number of hydrogen-bond donors (Lipinski definition) is 0. The van der Waals surface area contributed by atoms with Crippen molar-refractivity contribution in [1.82, 2.24) is 9.80 Å². The predicted octanol–water partition coefficient (Wildman–Crippen LogP) is 4.01. The Bertz CT molecular complexity index is 1100. The zero-order chi connectivity index (χ0) is 24.2. The number of piperazine rings is 1. The molecule has 10 heteroatoms. The van der Waals surface area contributed by atoms with Gasteiger partial charge in [-0.1, -0.05) is 23.9 Å². The van der Waals surface area contributed by atoms with Gasteiger partial charge in [0.05, 0.1) is 11.5 Å². The quantitative estimate of drug-likeness (QED) is 0.453. The summed E-state index contributed by atoms with van der Waals surface area (Å²) in [6, 6.07) is 12.1. The molecule has 2 saturated heterocycles. The van der Waals surface area contributed by atoms with Crippen molar-refractivity contribution in [1.29, 1.82) is 0 Å². The fourth-order valence-electron chi connectivity index (χ4n) is 4.09. The van der Waals surface area contributed by atoms with Gasteiger partial charge >= 0.3 is 0 Å². The van der Waals surface area contributed by atoms with Crippen molar-refractivity contribution >= 4 is 39.9 Å². The number of thioether (sulfide) groups is 1. The first kappa shape index (κ1) is 24.0. The Morgan fingerprint density at radius 1 is 1.21 bits per heavy atom. The maximum absolute atomic E-state index is 13.5. The Morgan fingerprint density at radius 3 is 2.65 bits per heavy atom. The fraction of sp³-hybridized carbons (Fsp3) is 0.417. The molecule has 9 nitrogen and oxygen atoms in total. The zero-order valence-electron chi connectivity index (χ0n) is 19.6. The number of nitro benzene ring substituents is 1. The Labute approximate surface area is 203 Å². The number of benzene rings is 2. The van der Waals surface area contributed by atoms with E-state index < -0.39 is 4.92 Å². The van der Waals surface area contributed by atoms with Gasteiger partial charge in [-0.25, -0.2) is 4.99 Å². The van der Waals surface area contributed by atoms with Gasteiger partial charge in [0.25, 0.3) is 11.6 Å². The van der Waals surface area contributed by atoms with Crippen LogP contribution in [-0.4, -0.2) is 77.4 Å². The first-order valence-electron chi connectivity index (χ1n) is 11.4. The number of para-hydroxylation sites is 2. The number of amides is 1. The molecule has 180 valence electrons. The van der Waals surface area contributed by atoms with E-state index in [-0.39, 0.29) is 23.2 Å². The second-order valence-electron chi connectivity index (χ2n) is 8.38. The smallest absolute Gasteiger partial charge is 0.293 e. The largest absolute Gasteiger partial charge is 0.492 e. The maximum Gasteiger partial charge on any atom is 0.293 e. The lowest BCUT2D eigenvalue weighted by molar-refractivity contribution is -0.384. The molecule has 2 heterocycles. The van der Waals surface area contributed by atoms with Crippen molar-refractivity contribution in [2.24, 2.45) is 4.99 Å². The molecule has 1 unspecified atom stereocenters. The Balaban J connectivity index is 1.64. The SMILES string of the molecule is CCOc1ccccc1N=C1SCC(C)N1C(=O)c1ccc(N2CCN(C)CC2)c([N+](=O)[O-])c1. The van der Waals surface area contributed by atoms with Gasteiger partial charge < -0.3 is 14.5 Å². The Morgan fingerprint density at radius 2 is 1.94 bits per heavy atom. The van der Waals surface area contributed by atoms with E-state index in [1.165, 1.54) is 17.8 Å². The van der Waals surface area contributed by atoms with E-state index in [9.17, 15) is 14.9 Å². The Hall–Kier alpha value is -3.11. The molecule has 0 spiro atoms. The average Bonchev–Trinajstić information content (AvgIpc) is 3.20. The molecule has 4 rings (SSSR count). The second-order valence-corrected chi connectivity index (χ2v) is 9.37. The highest BCUT2D eigenvalue weighted by molar-refractivity contribution is 8.14. The number of aliphatic imine (C=N–C) groups is 1. The molecule has 0 aliphatic carbocycles. The summed E-state index contributed by atoms with van der Waals surface area (Å²) in [4.78, 5) is 35.6. The molecule has 2 aliphatic rings. The summed E-state index contributed by atoms with van der Waals surface area (Å²) in [6.45, 7) is 7.46. The van der Waals surface area contributed by atoms with Gasteiger partial charge in [0.1, 0.15) is 17.1 Å². The number of nitro groups is 1. The molecule has 0 saturated carbocycles. The highest BCUT2D eigenvalue weighted by atomic mass is 32.2. The van der Waals surface area contributed by atoms with Gasteiger partial charge in [-0.2, -0.15) is 0 Å².